The second-order valence-corrected chi connectivity index (χ2v) is 9.55. The van der Waals surface area contributed by atoms with Crippen molar-refractivity contribution < 1.29 is 23.9 Å². The van der Waals surface area contributed by atoms with E-state index in [0.29, 0.717) is 12.5 Å². The van der Waals surface area contributed by atoms with Gasteiger partial charge in [-0.1, -0.05) is 48.5 Å². The van der Waals surface area contributed by atoms with Crippen LogP contribution in [0, 0.1) is 11.8 Å². The molecule has 3 atom stereocenters. The van der Waals surface area contributed by atoms with Gasteiger partial charge in [0.25, 0.3) is 5.91 Å². The molecule has 2 fully saturated rings. The number of benzene rings is 2. The predicted molar refractivity (Wildman–Crippen MR) is 126 cm³/mol. The molecule has 1 saturated carbocycles. The summed E-state index contributed by atoms with van der Waals surface area (Å²) in [6, 6.07) is 17.1. The first kappa shape index (κ1) is 22.4. The number of hydrogen-bond acceptors (Lipinski definition) is 5. The second kappa shape index (κ2) is 8.78. The third-order valence-corrected chi connectivity index (χ3v) is 7.34. The Hall–Kier alpha value is -3.35. The van der Waals surface area contributed by atoms with Crippen molar-refractivity contribution in [3.63, 3.8) is 0 Å². The van der Waals surface area contributed by atoms with Crippen LogP contribution < -0.4 is 4.90 Å². The molecular weight excluding hydrogens is 432 g/mol. The van der Waals surface area contributed by atoms with E-state index in [1.807, 2.05) is 59.5 Å². The molecule has 0 radical (unpaired) electrons. The van der Waals surface area contributed by atoms with Gasteiger partial charge in [0.2, 0.25) is 0 Å². The molecule has 2 amide bonds. The fraction of sp³-hybridized carbons (Fsp3) is 0.444. The molecule has 2 aromatic carbocycles. The molecule has 34 heavy (non-hydrogen) atoms. The van der Waals surface area contributed by atoms with Crippen LogP contribution in [0.3, 0.4) is 0 Å². The molecule has 0 bridgehead atoms. The topological polar surface area (TPSA) is 76.1 Å². The monoisotopic (exact) mass is 462 g/mol. The van der Waals surface area contributed by atoms with Crippen molar-refractivity contribution in [2.75, 3.05) is 24.6 Å². The van der Waals surface area contributed by atoms with Crippen molar-refractivity contribution in [1.82, 2.24) is 4.90 Å². The zero-order chi connectivity index (χ0) is 23.9. The van der Waals surface area contributed by atoms with Crippen LogP contribution in [0.2, 0.25) is 0 Å². The molecule has 7 heteroatoms. The largest absolute Gasteiger partial charge is 0.466 e. The average molecular weight is 463 g/mol. The number of fused-ring (bicyclic) bond motifs is 3. The Morgan fingerprint density at radius 1 is 1.03 bits per heavy atom. The van der Waals surface area contributed by atoms with Crippen LogP contribution in [0.15, 0.2) is 54.6 Å². The van der Waals surface area contributed by atoms with Gasteiger partial charge in [-0.2, -0.15) is 0 Å². The van der Waals surface area contributed by atoms with Crippen molar-refractivity contribution >= 4 is 23.7 Å². The normalized spacial score (nSPS) is 25.5. The van der Waals surface area contributed by atoms with Crippen molar-refractivity contribution in [2.45, 2.75) is 44.8 Å². The van der Waals surface area contributed by atoms with Gasteiger partial charge in [-0.25, -0.2) is 4.79 Å². The number of carbonyl (C=O) groups is 3. The Labute approximate surface area is 199 Å². The van der Waals surface area contributed by atoms with E-state index in [-0.39, 0.29) is 25.7 Å². The minimum Gasteiger partial charge on any atom is -0.466 e. The van der Waals surface area contributed by atoms with Gasteiger partial charge in [0.1, 0.15) is 12.1 Å². The zero-order valence-corrected chi connectivity index (χ0v) is 19.6. The lowest BCUT2D eigenvalue weighted by molar-refractivity contribution is -0.148. The number of amides is 2. The minimum atomic E-state index is -1.24. The van der Waals surface area contributed by atoms with Gasteiger partial charge in [-0.15, -0.1) is 0 Å². The summed E-state index contributed by atoms with van der Waals surface area (Å²) in [6.45, 7) is 4.56. The number of rotatable bonds is 6. The van der Waals surface area contributed by atoms with Gasteiger partial charge in [0, 0.05) is 24.7 Å². The Balaban J connectivity index is 1.53. The first-order chi connectivity index (χ1) is 16.4. The van der Waals surface area contributed by atoms with Crippen molar-refractivity contribution in [3.8, 4) is 0 Å². The van der Waals surface area contributed by atoms with E-state index in [1.165, 1.54) is 4.90 Å². The van der Waals surface area contributed by atoms with Gasteiger partial charge < -0.3 is 14.4 Å². The molecule has 0 unspecified atom stereocenters. The van der Waals surface area contributed by atoms with Gasteiger partial charge >= 0.3 is 12.1 Å². The molecule has 0 aromatic heterocycles. The average Bonchev–Trinajstić information content (AvgIpc) is 3.61. The minimum absolute atomic E-state index is 0.0744. The lowest BCUT2D eigenvalue weighted by atomic mass is 9.72. The Morgan fingerprint density at radius 3 is 2.44 bits per heavy atom. The van der Waals surface area contributed by atoms with Gasteiger partial charge in [-0.05, 0) is 49.8 Å². The van der Waals surface area contributed by atoms with Crippen LogP contribution in [0.1, 0.15) is 43.7 Å². The highest BCUT2D eigenvalue weighted by atomic mass is 16.6. The predicted octanol–water partition coefficient (Wildman–Crippen LogP) is 4.12. The first-order valence-electron chi connectivity index (χ1n) is 12.0. The number of anilines is 1. The number of ether oxygens (including phenoxy) is 2. The highest BCUT2D eigenvalue weighted by molar-refractivity contribution is 6.07. The molecule has 1 saturated heterocycles. The van der Waals surface area contributed by atoms with Crippen LogP contribution in [-0.2, 0) is 25.7 Å². The molecule has 2 heterocycles. The zero-order valence-electron chi connectivity index (χ0n) is 19.6. The molecule has 1 aliphatic carbocycles. The molecule has 5 rings (SSSR count). The molecule has 7 nitrogen and oxygen atoms in total. The number of likely N-dealkylation sites (tertiary alicyclic amines) is 1. The maximum Gasteiger partial charge on any atom is 0.411 e. The molecule has 0 spiro atoms. The summed E-state index contributed by atoms with van der Waals surface area (Å²) in [5.74, 6) is -1.24. The summed E-state index contributed by atoms with van der Waals surface area (Å²) < 4.78 is 11.0. The third-order valence-electron chi connectivity index (χ3n) is 7.34. The number of carbonyl (C=O) groups excluding carboxylic acids is 3. The Morgan fingerprint density at radius 2 is 1.74 bits per heavy atom. The number of esters is 1. The fourth-order valence-corrected chi connectivity index (χ4v) is 5.46. The number of hydrogen-bond donors (Lipinski definition) is 0. The highest BCUT2D eigenvalue weighted by Crippen LogP contribution is 2.54. The first-order valence-corrected chi connectivity index (χ1v) is 12.0. The molecule has 178 valence electrons. The summed E-state index contributed by atoms with van der Waals surface area (Å²) >= 11 is 0. The summed E-state index contributed by atoms with van der Waals surface area (Å²) in [4.78, 5) is 43.8. The van der Waals surface area contributed by atoms with Gasteiger partial charge in [0.15, 0.2) is 0 Å². The van der Waals surface area contributed by atoms with Crippen molar-refractivity contribution in [2.24, 2.45) is 11.8 Å². The summed E-state index contributed by atoms with van der Waals surface area (Å²) in [6.07, 6.45) is 1.60. The summed E-state index contributed by atoms with van der Waals surface area (Å²) in [5.41, 5.74) is 1.35. The van der Waals surface area contributed by atoms with Crippen LogP contribution in [0.4, 0.5) is 10.5 Å². The number of para-hydroxylation sites is 1. The molecule has 2 aromatic rings. The van der Waals surface area contributed by atoms with Crippen molar-refractivity contribution in [1.29, 1.82) is 0 Å². The Bertz CT molecular complexity index is 1100. The maximum atomic E-state index is 14.1. The van der Waals surface area contributed by atoms with Gasteiger partial charge in [0.05, 0.1) is 12.5 Å². The molecular formula is C27H30N2O5. The smallest absolute Gasteiger partial charge is 0.411 e. The van der Waals surface area contributed by atoms with E-state index in [1.54, 1.807) is 13.8 Å². The Kier molecular flexibility index (Phi) is 5.80. The molecule has 0 N–H and O–H groups in total. The molecule has 3 aliphatic rings. The lowest BCUT2D eigenvalue weighted by Gasteiger charge is -2.46. The third kappa shape index (κ3) is 3.73. The number of nitrogens with zero attached hydrogens (tertiary/aromatic N) is 2. The second-order valence-electron chi connectivity index (χ2n) is 9.55. The van der Waals surface area contributed by atoms with E-state index in [0.717, 1.165) is 29.7 Å². The van der Waals surface area contributed by atoms with Crippen LogP contribution in [0.25, 0.3) is 0 Å². The van der Waals surface area contributed by atoms with Crippen LogP contribution in [0.5, 0.6) is 0 Å². The van der Waals surface area contributed by atoms with E-state index in [2.05, 4.69) is 0 Å². The van der Waals surface area contributed by atoms with E-state index < -0.39 is 29.4 Å². The lowest BCUT2D eigenvalue weighted by Crippen LogP contribution is -2.62. The van der Waals surface area contributed by atoms with E-state index in [9.17, 15) is 14.4 Å². The van der Waals surface area contributed by atoms with E-state index in [4.69, 9.17) is 9.47 Å². The summed E-state index contributed by atoms with van der Waals surface area (Å²) in [7, 11) is 0. The molecule has 2 aliphatic heterocycles. The van der Waals surface area contributed by atoms with Gasteiger partial charge in [-0.3, -0.25) is 14.5 Å². The van der Waals surface area contributed by atoms with Crippen molar-refractivity contribution in [3.05, 3.63) is 65.7 Å². The van der Waals surface area contributed by atoms with Crippen LogP contribution >= 0.6 is 0 Å². The highest BCUT2D eigenvalue weighted by Gasteiger charge is 2.64. The SMILES string of the molecule is CCOC(=O)[C@H]1CN(C(=O)OCc2ccccc2)[C@]2(C)C(=O)N(CC3CC3)c3ccccc3[C@H]12. The van der Waals surface area contributed by atoms with Crippen LogP contribution in [-0.4, -0.2) is 48.1 Å². The summed E-state index contributed by atoms with van der Waals surface area (Å²) in [5, 5.41) is 0. The fourth-order valence-electron chi connectivity index (χ4n) is 5.46. The maximum absolute atomic E-state index is 14.1. The quantitative estimate of drug-likeness (QED) is 0.604. The standard InChI is InChI=1S/C27H30N2O5/c1-3-33-24(30)21-16-29(26(32)34-17-19-9-5-4-6-10-19)27(2)23(21)20-11-7-8-12-22(20)28(25(27)31)15-18-13-14-18/h4-12,18,21,23H,3,13-17H2,1-2H3/t21-,23+,27-/m0/s1. The van der Waals surface area contributed by atoms with E-state index >= 15 is 0 Å².